The molecule has 0 fully saturated rings. The van der Waals surface area contributed by atoms with Gasteiger partial charge < -0.3 is 10.1 Å². The summed E-state index contributed by atoms with van der Waals surface area (Å²) in [4.78, 5) is 25.3. The molecular formula is C28H31NO3. The van der Waals surface area contributed by atoms with E-state index in [0.29, 0.717) is 22.6 Å². The predicted molar refractivity (Wildman–Crippen MR) is 130 cm³/mol. The van der Waals surface area contributed by atoms with Crippen molar-refractivity contribution in [1.29, 1.82) is 0 Å². The molecule has 0 unspecified atom stereocenters. The zero-order valence-corrected chi connectivity index (χ0v) is 19.7. The maximum Gasteiger partial charge on any atom is 0.262 e. The lowest BCUT2D eigenvalue weighted by Gasteiger charge is -2.19. The molecule has 0 atom stereocenters. The molecule has 0 aromatic heterocycles. The Bertz CT molecular complexity index is 1140. The van der Waals surface area contributed by atoms with Crippen molar-refractivity contribution >= 4 is 17.4 Å². The maximum atomic E-state index is 12.9. The van der Waals surface area contributed by atoms with Crippen LogP contribution in [0.2, 0.25) is 0 Å². The van der Waals surface area contributed by atoms with Gasteiger partial charge in [-0.15, -0.1) is 0 Å². The lowest BCUT2D eigenvalue weighted by molar-refractivity contribution is -0.118. The number of anilines is 1. The second-order valence-corrected chi connectivity index (χ2v) is 9.28. The third-order valence-corrected chi connectivity index (χ3v) is 5.54. The van der Waals surface area contributed by atoms with Crippen LogP contribution in [-0.2, 0) is 10.2 Å². The molecule has 0 aliphatic carbocycles. The van der Waals surface area contributed by atoms with Crippen molar-refractivity contribution in [2.24, 2.45) is 0 Å². The standard InChI is InChI=1S/C28H31NO3/c1-18-14-19(2)20(3)25(15-18)32-17-26(30)29-24-9-7-8-22(16-24)27(31)21-10-12-23(13-11-21)28(4,5)6/h7-16H,17H2,1-6H3,(H,29,30). The van der Waals surface area contributed by atoms with Crippen molar-refractivity contribution in [3.05, 3.63) is 94.0 Å². The van der Waals surface area contributed by atoms with Crippen molar-refractivity contribution in [3.63, 3.8) is 0 Å². The molecule has 0 saturated heterocycles. The van der Waals surface area contributed by atoms with Gasteiger partial charge in [0.2, 0.25) is 0 Å². The number of aryl methyl sites for hydroxylation is 2. The van der Waals surface area contributed by atoms with Crippen molar-refractivity contribution < 1.29 is 14.3 Å². The molecular weight excluding hydrogens is 398 g/mol. The first-order valence-corrected chi connectivity index (χ1v) is 10.8. The van der Waals surface area contributed by atoms with E-state index in [-0.39, 0.29) is 23.7 Å². The number of hydrogen-bond donors (Lipinski definition) is 1. The number of hydrogen-bond acceptors (Lipinski definition) is 3. The van der Waals surface area contributed by atoms with E-state index in [1.165, 1.54) is 5.56 Å². The summed E-state index contributed by atoms with van der Waals surface area (Å²) < 4.78 is 5.74. The van der Waals surface area contributed by atoms with E-state index in [9.17, 15) is 9.59 Å². The monoisotopic (exact) mass is 429 g/mol. The molecule has 3 aromatic rings. The number of ether oxygens (including phenoxy) is 1. The number of carbonyl (C=O) groups excluding carboxylic acids is 2. The Balaban J connectivity index is 1.67. The highest BCUT2D eigenvalue weighted by Crippen LogP contribution is 2.24. The van der Waals surface area contributed by atoms with Crippen molar-refractivity contribution in [2.45, 2.75) is 47.0 Å². The predicted octanol–water partition coefficient (Wildman–Crippen LogP) is 6.16. The minimum absolute atomic E-state index is 0.0313. The lowest BCUT2D eigenvalue weighted by Crippen LogP contribution is -2.20. The molecule has 0 radical (unpaired) electrons. The summed E-state index contributed by atoms with van der Waals surface area (Å²) in [6.07, 6.45) is 0. The number of rotatable bonds is 6. The first-order chi connectivity index (χ1) is 15.0. The zero-order chi connectivity index (χ0) is 23.5. The highest BCUT2D eigenvalue weighted by atomic mass is 16.5. The Morgan fingerprint density at radius 2 is 1.56 bits per heavy atom. The van der Waals surface area contributed by atoms with Crippen LogP contribution in [0.25, 0.3) is 0 Å². The summed E-state index contributed by atoms with van der Waals surface area (Å²) in [5, 5.41) is 2.82. The van der Waals surface area contributed by atoms with Gasteiger partial charge in [-0.3, -0.25) is 9.59 Å². The SMILES string of the molecule is Cc1cc(C)c(C)c(OCC(=O)Nc2cccc(C(=O)c3ccc(C(C)(C)C)cc3)c2)c1. The Labute approximate surface area is 190 Å². The Hall–Kier alpha value is -3.40. The van der Waals surface area contributed by atoms with Crippen LogP contribution < -0.4 is 10.1 Å². The quantitative estimate of drug-likeness (QED) is 0.478. The summed E-state index contributed by atoms with van der Waals surface area (Å²) in [5.74, 6) is 0.353. The molecule has 166 valence electrons. The van der Waals surface area contributed by atoms with Crippen molar-refractivity contribution in [2.75, 3.05) is 11.9 Å². The molecule has 1 amide bonds. The van der Waals surface area contributed by atoms with E-state index in [0.717, 1.165) is 16.7 Å². The van der Waals surface area contributed by atoms with Crippen LogP contribution in [0.15, 0.2) is 60.7 Å². The van der Waals surface area contributed by atoms with Crippen LogP contribution in [0.1, 0.15) is 58.9 Å². The highest BCUT2D eigenvalue weighted by Gasteiger charge is 2.16. The molecule has 0 bridgehead atoms. The number of ketones is 1. The molecule has 32 heavy (non-hydrogen) atoms. The average molecular weight is 430 g/mol. The molecule has 3 rings (SSSR count). The average Bonchev–Trinajstić information content (AvgIpc) is 2.74. The van der Waals surface area contributed by atoms with Gasteiger partial charge in [0.05, 0.1) is 0 Å². The molecule has 0 aliphatic rings. The normalized spacial score (nSPS) is 11.2. The number of carbonyl (C=O) groups is 2. The molecule has 4 heteroatoms. The van der Waals surface area contributed by atoms with E-state index < -0.39 is 0 Å². The Morgan fingerprint density at radius 1 is 0.875 bits per heavy atom. The van der Waals surface area contributed by atoms with Crippen LogP contribution in [0.5, 0.6) is 5.75 Å². The first-order valence-electron chi connectivity index (χ1n) is 10.8. The fourth-order valence-corrected chi connectivity index (χ4v) is 3.52. The second-order valence-electron chi connectivity index (χ2n) is 9.28. The van der Waals surface area contributed by atoms with Crippen LogP contribution in [-0.4, -0.2) is 18.3 Å². The van der Waals surface area contributed by atoms with Gasteiger partial charge in [-0.05, 0) is 66.6 Å². The van der Waals surface area contributed by atoms with Gasteiger partial charge in [-0.25, -0.2) is 0 Å². The van der Waals surface area contributed by atoms with Gasteiger partial charge in [0.15, 0.2) is 12.4 Å². The van der Waals surface area contributed by atoms with E-state index in [1.54, 1.807) is 24.3 Å². The van der Waals surface area contributed by atoms with Gasteiger partial charge >= 0.3 is 0 Å². The topological polar surface area (TPSA) is 55.4 Å². The smallest absolute Gasteiger partial charge is 0.262 e. The van der Waals surface area contributed by atoms with Gasteiger partial charge in [0, 0.05) is 16.8 Å². The minimum atomic E-state index is -0.275. The molecule has 0 heterocycles. The third kappa shape index (κ3) is 5.64. The minimum Gasteiger partial charge on any atom is -0.483 e. The molecule has 1 N–H and O–H groups in total. The van der Waals surface area contributed by atoms with Gasteiger partial charge in [0.25, 0.3) is 5.91 Å². The van der Waals surface area contributed by atoms with E-state index in [2.05, 4.69) is 32.2 Å². The number of benzene rings is 3. The zero-order valence-electron chi connectivity index (χ0n) is 19.7. The highest BCUT2D eigenvalue weighted by molar-refractivity contribution is 6.09. The Kier molecular flexibility index (Phi) is 6.83. The van der Waals surface area contributed by atoms with E-state index in [4.69, 9.17) is 4.74 Å². The molecule has 3 aromatic carbocycles. The van der Waals surface area contributed by atoms with Crippen molar-refractivity contribution in [1.82, 2.24) is 0 Å². The van der Waals surface area contributed by atoms with Gasteiger partial charge in [-0.1, -0.05) is 63.2 Å². The third-order valence-electron chi connectivity index (χ3n) is 5.54. The van der Waals surface area contributed by atoms with Crippen LogP contribution in [0.3, 0.4) is 0 Å². The summed E-state index contributed by atoms with van der Waals surface area (Å²) in [5.41, 5.74) is 6.15. The summed E-state index contributed by atoms with van der Waals surface area (Å²) in [7, 11) is 0. The second kappa shape index (κ2) is 9.39. The number of nitrogens with one attached hydrogen (secondary N) is 1. The van der Waals surface area contributed by atoms with Crippen LogP contribution in [0, 0.1) is 20.8 Å². The molecule has 0 aliphatic heterocycles. The van der Waals surface area contributed by atoms with E-state index >= 15 is 0 Å². The summed E-state index contributed by atoms with van der Waals surface area (Å²) in [6.45, 7) is 12.3. The van der Waals surface area contributed by atoms with Gasteiger partial charge in [-0.2, -0.15) is 0 Å². The fraction of sp³-hybridized carbons (Fsp3) is 0.286. The lowest BCUT2D eigenvalue weighted by atomic mass is 9.86. The number of amides is 1. The summed E-state index contributed by atoms with van der Waals surface area (Å²) >= 11 is 0. The van der Waals surface area contributed by atoms with Crippen molar-refractivity contribution in [3.8, 4) is 5.75 Å². The Morgan fingerprint density at radius 3 is 2.22 bits per heavy atom. The maximum absolute atomic E-state index is 12.9. The molecule has 0 saturated carbocycles. The molecule has 0 spiro atoms. The van der Waals surface area contributed by atoms with E-state index in [1.807, 2.05) is 51.1 Å². The van der Waals surface area contributed by atoms with Crippen LogP contribution in [0.4, 0.5) is 5.69 Å². The van der Waals surface area contributed by atoms with Gasteiger partial charge in [0.1, 0.15) is 5.75 Å². The van der Waals surface area contributed by atoms with Crippen LogP contribution >= 0.6 is 0 Å². The summed E-state index contributed by atoms with van der Waals surface area (Å²) in [6, 6.07) is 18.7. The first kappa shape index (κ1) is 23.3. The fourth-order valence-electron chi connectivity index (χ4n) is 3.52. The molecule has 4 nitrogen and oxygen atoms in total. The largest absolute Gasteiger partial charge is 0.483 e.